The van der Waals surface area contributed by atoms with Gasteiger partial charge in [0.2, 0.25) is 0 Å². The van der Waals surface area contributed by atoms with E-state index in [1.54, 1.807) is 0 Å². The summed E-state index contributed by atoms with van der Waals surface area (Å²) < 4.78 is 0. The third-order valence-corrected chi connectivity index (χ3v) is 2.86. The van der Waals surface area contributed by atoms with Gasteiger partial charge in [0.15, 0.2) is 0 Å². The zero-order valence-corrected chi connectivity index (χ0v) is 11.7. The maximum Gasteiger partial charge on any atom is 0.0299 e. The summed E-state index contributed by atoms with van der Waals surface area (Å²) in [5.74, 6) is 0. The van der Waals surface area contributed by atoms with Gasteiger partial charge in [-0.1, -0.05) is 51.1 Å². The Morgan fingerprint density at radius 2 is 1.44 bits per heavy atom. The third-order valence-electron chi connectivity index (χ3n) is 2.86. The van der Waals surface area contributed by atoms with Crippen molar-refractivity contribution < 1.29 is 0 Å². The minimum atomic E-state index is 1.07. The molecule has 1 aromatic heterocycles. The number of nitrogens with zero attached hydrogens (tertiary/aromatic N) is 1. The normalized spacial score (nSPS) is 9.50. The van der Waals surface area contributed by atoms with E-state index in [1.807, 2.05) is 32.3 Å². The molecule has 18 heavy (non-hydrogen) atoms. The largest absolute Gasteiger partial charge is 0.264 e. The van der Waals surface area contributed by atoms with Crippen LogP contribution >= 0.6 is 0 Å². The average Bonchev–Trinajstić information content (AvgIpc) is 2.49. The molecule has 0 atom stereocenters. The van der Waals surface area contributed by atoms with Crippen molar-refractivity contribution in [2.24, 2.45) is 0 Å². The molecule has 0 bridgehead atoms. The molecule has 1 nitrogen and oxygen atoms in total. The van der Waals surface area contributed by atoms with Crippen molar-refractivity contribution in [2.45, 2.75) is 40.0 Å². The van der Waals surface area contributed by atoms with Gasteiger partial charge in [-0.2, -0.15) is 0 Å². The molecule has 0 unspecified atom stereocenters. The number of aromatic nitrogens is 1. The van der Waals surface area contributed by atoms with Crippen LogP contribution in [0.15, 0.2) is 48.8 Å². The number of aryl methyl sites for hydroxylation is 3. The lowest BCUT2D eigenvalue weighted by Gasteiger charge is -2.03. The Morgan fingerprint density at radius 1 is 0.833 bits per heavy atom. The van der Waals surface area contributed by atoms with Gasteiger partial charge in [-0.05, 0) is 42.0 Å². The van der Waals surface area contributed by atoms with E-state index in [0.29, 0.717) is 0 Å². The highest BCUT2D eigenvalue weighted by atomic mass is 14.6. The fourth-order valence-corrected chi connectivity index (χ4v) is 1.78. The molecule has 2 rings (SSSR count). The molecular weight excluding hydrogens is 218 g/mol. The van der Waals surface area contributed by atoms with E-state index in [9.17, 15) is 0 Å². The summed E-state index contributed by atoms with van der Waals surface area (Å²) in [6.07, 6.45) is 7.04. The molecular formula is C17H23N. The molecule has 1 aromatic carbocycles. The van der Waals surface area contributed by atoms with E-state index in [0.717, 1.165) is 19.3 Å². The van der Waals surface area contributed by atoms with Gasteiger partial charge in [0, 0.05) is 12.4 Å². The van der Waals surface area contributed by atoms with Gasteiger partial charge in [-0.25, -0.2) is 0 Å². The molecule has 0 aliphatic rings. The maximum absolute atomic E-state index is 4.12. The molecule has 2 aromatic rings. The Morgan fingerprint density at radius 3 is 2.00 bits per heavy atom. The van der Waals surface area contributed by atoms with Crippen molar-refractivity contribution in [1.82, 2.24) is 4.98 Å². The van der Waals surface area contributed by atoms with E-state index in [2.05, 4.69) is 42.2 Å². The van der Waals surface area contributed by atoms with Crippen molar-refractivity contribution in [2.75, 3.05) is 0 Å². The summed E-state index contributed by atoms with van der Waals surface area (Å²) in [6, 6.07) is 13.0. The van der Waals surface area contributed by atoms with Gasteiger partial charge >= 0.3 is 0 Å². The number of benzene rings is 1. The number of pyridine rings is 1. The number of rotatable bonds is 4. The highest BCUT2D eigenvalue weighted by Gasteiger charge is 1.96. The summed E-state index contributed by atoms with van der Waals surface area (Å²) in [4.78, 5) is 4.12. The Kier molecular flexibility index (Phi) is 6.78. The van der Waals surface area contributed by atoms with Crippen LogP contribution in [0.3, 0.4) is 0 Å². The monoisotopic (exact) mass is 241 g/mol. The molecule has 0 saturated carbocycles. The van der Waals surface area contributed by atoms with Crippen molar-refractivity contribution >= 4 is 0 Å². The molecule has 96 valence electrons. The summed E-state index contributed by atoms with van der Waals surface area (Å²) in [5.41, 5.74) is 4.12. The molecule has 1 heteroatoms. The Labute approximate surface area is 111 Å². The van der Waals surface area contributed by atoms with E-state index in [-0.39, 0.29) is 0 Å². The number of hydrogen-bond donors (Lipinski definition) is 0. The van der Waals surface area contributed by atoms with Gasteiger partial charge in [0.1, 0.15) is 0 Å². The second-order valence-electron chi connectivity index (χ2n) is 4.03. The van der Waals surface area contributed by atoms with E-state index in [4.69, 9.17) is 0 Å². The first-order valence-electron chi connectivity index (χ1n) is 6.85. The lowest BCUT2D eigenvalue weighted by atomic mass is 10.0. The van der Waals surface area contributed by atoms with Crippen LogP contribution in [0.1, 0.15) is 37.5 Å². The van der Waals surface area contributed by atoms with Crippen LogP contribution in [0.4, 0.5) is 0 Å². The molecule has 0 N–H and O–H groups in total. The van der Waals surface area contributed by atoms with E-state index < -0.39 is 0 Å². The minimum Gasteiger partial charge on any atom is -0.264 e. The highest BCUT2D eigenvalue weighted by Crippen LogP contribution is 2.08. The van der Waals surface area contributed by atoms with Crippen LogP contribution in [0.5, 0.6) is 0 Å². The minimum absolute atomic E-state index is 1.07. The number of hydrogen-bond acceptors (Lipinski definition) is 1. The van der Waals surface area contributed by atoms with Crippen molar-refractivity contribution in [3.8, 4) is 0 Å². The van der Waals surface area contributed by atoms with Crippen LogP contribution in [0.25, 0.3) is 0 Å². The molecule has 0 aliphatic heterocycles. The first-order valence-corrected chi connectivity index (χ1v) is 6.85. The fourth-order valence-electron chi connectivity index (χ4n) is 1.78. The fraction of sp³-hybridized carbons (Fsp3) is 0.353. The lowest BCUT2D eigenvalue weighted by molar-refractivity contribution is 0.947. The van der Waals surface area contributed by atoms with Crippen LogP contribution in [0, 0.1) is 0 Å². The quantitative estimate of drug-likeness (QED) is 0.770. The van der Waals surface area contributed by atoms with Gasteiger partial charge in [-0.3, -0.25) is 4.98 Å². The SMILES string of the molecule is CC.CCc1ccc(CCc2cccnc2)cc1. The Hall–Kier alpha value is -1.63. The zero-order valence-electron chi connectivity index (χ0n) is 11.7. The predicted molar refractivity (Wildman–Crippen MR) is 78.8 cm³/mol. The van der Waals surface area contributed by atoms with Crippen LogP contribution < -0.4 is 0 Å². The highest BCUT2D eigenvalue weighted by molar-refractivity contribution is 5.23. The first kappa shape index (κ1) is 14.4. The van der Waals surface area contributed by atoms with Gasteiger partial charge in [0.25, 0.3) is 0 Å². The summed E-state index contributed by atoms with van der Waals surface area (Å²) in [6.45, 7) is 6.19. The average molecular weight is 241 g/mol. The molecule has 0 amide bonds. The smallest absolute Gasteiger partial charge is 0.0299 e. The molecule has 0 radical (unpaired) electrons. The standard InChI is InChI=1S/C15H17N.C2H6/c1-2-13-5-7-14(8-6-13)9-10-15-4-3-11-16-12-15;1-2/h3-8,11-12H,2,9-10H2,1H3;1-2H3. The van der Waals surface area contributed by atoms with E-state index >= 15 is 0 Å². The van der Waals surface area contributed by atoms with E-state index in [1.165, 1.54) is 16.7 Å². The molecule has 1 heterocycles. The third kappa shape index (κ3) is 4.70. The molecule has 0 saturated heterocycles. The second-order valence-corrected chi connectivity index (χ2v) is 4.03. The summed E-state index contributed by atoms with van der Waals surface area (Å²) >= 11 is 0. The Balaban J connectivity index is 0.000000771. The van der Waals surface area contributed by atoms with Crippen molar-refractivity contribution in [1.29, 1.82) is 0 Å². The lowest BCUT2D eigenvalue weighted by Crippen LogP contribution is -1.92. The zero-order chi connectivity index (χ0) is 13.2. The molecule has 0 aliphatic carbocycles. The van der Waals surface area contributed by atoms with Gasteiger partial charge in [0.05, 0.1) is 0 Å². The topological polar surface area (TPSA) is 12.9 Å². The van der Waals surface area contributed by atoms with Gasteiger partial charge < -0.3 is 0 Å². The summed E-state index contributed by atoms with van der Waals surface area (Å²) in [5, 5.41) is 0. The van der Waals surface area contributed by atoms with Crippen LogP contribution in [-0.2, 0) is 19.3 Å². The maximum atomic E-state index is 4.12. The first-order chi connectivity index (χ1) is 8.88. The Bertz CT molecular complexity index is 417. The molecule has 0 fully saturated rings. The van der Waals surface area contributed by atoms with Crippen LogP contribution in [-0.4, -0.2) is 4.98 Å². The van der Waals surface area contributed by atoms with Crippen LogP contribution in [0.2, 0.25) is 0 Å². The summed E-state index contributed by atoms with van der Waals surface area (Å²) in [7, 11) is 0. The van der Waals surface area contributed by atoms with Crippen molar-refractivity contribution in [3.63, 3.8) is 0 Å². The second kappa shape index (κ2) is 8.46. The van der Waals surface area contributed by atoms with Crippen molar-refractivity contribution in [3.05, 3.63) is 65.5 Å². The predicted octanol–water partition coefficient (Wildman–Crippen LogP) is 4.46. The molecule has 0 spiro atoms. The van der Waals surface area contributed by atoms with Gasteiger partial charge in [-0.15, -0.1) is 0 Å².